The highest BCUT2D eigenvalue weighted by Gasteiger charge is 2.49. The number of hydrogen-bond donors (Lipinski definition) is 2. The Morgan fingerprint density at radius 3 is 1.77 bits per heavy atom. The van der Waals surface area contributed by atoms with Gasteiger partial charge in [-0.1, -0.05) is 64.1 Å². The molecule has 1 saturated heterocycles. The van der Waals surface area contributed by atoms with E-state index in [9.17, 15) is 23.2 Å². The van der Waals surface area contributed by atoms with Crippen LogP contribution in [0.4, 0.5) is 14.5 Å². The van der Waals surface area contributed by atoms with Gasteiger partial charge in [0.05, 0.1) is 12.0 Å². The van der Waals surface area contributed by atoms with Crippen LogP contribution in [0.1, 0.15) is 75.6 Å². The fourth-order valence-corrected chi connectivity index (χ4v) is 7.41. The van der Waals surface area contributed by atoms with Gasteiger partial charge in [-0.05, 0) is 121 Å². The second-order valence-corrected chi connectivity index (χ2v) is 24.0. The van der Waals surface area contributed by atoms with Gasteiger partial charge in [0.25, 0.3) is 0 Å². The van der Waals surface area contributed by atoms with E-state index < -0.39 is 16.6 Å². The predicted octanol–water partition coefficient (Wildman–Crippen LogP) is 9.12. The average Bonchev–Trinajstić information content (AvgIpc) is 2.91. The van der Waals surface area contributed by atoms with Gasteiger partial charge in [0.2, 0.25) is 5.91 Å². The Kier molecular flexibility index (Phi) is 9.82. The molecule has 3 aromatic carbocycles. The zero-order valence-electron chi connectivity index (χ0n) is 27.5. The summed E-state index contributed by atoms with van der Waals surface area (Å²) >= 11 is 0. The molecular formula is C36H49F2NO3Si2. The lowest BCUT2D eigenvalue weighted by atomic mass is 9.75. The zero-order chi connectivity index (χ0) is 32.7. The number of hydrogen-bond acceptors (Lipinski definition) is 3. The van der Waals surface area contributed by atoms with Gasteiger partial charge in [-0.2, -0.15) is 0 Å². The Morgan fingerprint density at radius 1 is 0.773 bits per heavy atom. The van der Waals surface area contributed by atoms with Gasteiger partial charge in [0.15, 0.2) is 16.6 Å². The molecule has 1 aliphatic heterocycles. The maximum absolute atomic E-state index is 13.8. The summed E-state index contributed by atoms with van der Waals surface area (Å²) in [6.07, 6.45) is 2.84. The summed E-state index contributed by atoms with van der Waals surface area (Å²) in [5, 5.41) is -0.483. The van der Waals surface area contributed by atoms with Crippen molar-refractivity contribution in [2.75, 3.05) is 4.90 Å². The van der Waals surface area contributed by atoms with Crippen molar-refractivity contribution in [1.29, 1.82) is 0 Å². The first kappa shape index (κ1) is 34.2. The van der Waals surface area contributed by atoms with E-state index in [1.807, 2.05) is 38.3 Å². The van der Waals surface area contributed by atoms with Crippen LogP contribution in [0.3, 0.4) is 0 Å². The van der Waals surface area contributed by atoms with Crippen molar-refractivity contribution in [1.82, 2.24) is 0 Å². The summed E-state index contributed by atoms with van der Waals surface area (Å²) in [5.41, 5.74) is 3.83. The Morgan fingerprint density at radius 2 is 1.27 bits per heavy atom. The molecule has 3 aromatic rings. The third-order valence-electron chi connectivity index (χ3n) is 10.5. The lowest BCUT2D eigenvalue weighted by Crippen LogP contribution is -2.55. The Bertz CT molecular complexity index is 1430. The van der Waals surface area contributed by atoms with E-state index in [0.717, 1.165) is 29.5 Å². The van der Waals surface area contributed by atoms with Crippen molar-refractivity contribution in [3.8, 4) is 0 Å². The molecule has 44 heavy (non-hydrogen) atoms. The summed E-state index contributed by atoms with van der Waals surface area (Å²) in [7, 11) is -4.89. The molecule has 1 aliphatic rings. The quantitative estimate of drug-likeness (QED) is 0.154. The predicted molar refractivity (Wildman–Crippen MR) is 181 cm³/mol. The number of benzene rings is 3. The Hall–Kier alpha value is -2.66. The number of halogens is 2. The first-order valence-corrected chi connectivity index (χ1v) is 21.6. The topological polar surface area (TPSA) is 60.8 Å². The molecule has 1 amide bonds. The number of carbonyl (C=O) groups excluding carboxylic acids is 1. The van der Waals surface area contributed by atoms with E-state index in [1.54, 1.807) is 17.0 Å². The van der Waals surface area contributed by atoms with Crippen LogP contribution in [0.5, 0.6) is 0 Å². The van der Waals surface area contributed by atoms with E-state index in [-0.39, 0.29) is 45.5 Å². The third kappa shape index (κ3) is 7.41. The number of amides is 1. The van der Waals surface area contributed by atoms with Gasteiger partial charge >= 0.3 is 0 Å². The minimum absolute atomic E-state index is 0.00817. The summed E-state index contributed by atoms with van der Waals surface area (Å²) < 4.78 is 27.6. The smallest absolute Gasteiger partial charge is 0.233 e. The zero-order valence-corrected chi connectivity index (χ0v) is 29.5. The summed E-state index contributed by atoms with van der Waals surface area (Å²) in [5.74, 6) is -0.847. The molecule has 0 bridgehead atoms. The van der Waals surface area contributed by atoms with Crippen molar-refractivity contribution in [2.24, 2.45) is 5.92 Å². The minimum Gasteiger partial charge on any atom is -0.432 e. The third-order valence-corrected chi connectivity index (χ3v) is 17.5. The van der Waals surface area contributed by atoms with Crippen LogP contribution in [0.2, 0.25) is 36.3 Å². The van der Waals surface area contributed by atoms with Crippen molar-refractivity contribution in [2.45, 2.75) is 102 Å². The first-order valence-electron chi connectivity index (χ1n) is 15.7. The number of nitrogens with zero attached hydrogens (tertiary/aromatic N) is 1. The minimum atomic E-state index is -2.51. The van der Waals surface area contributed by atoms with Gasteiger partial charge in [-0.15, -0.1) is 0 Å². The van der Waals surface area contributed by atoms with E-state index in [2.05, 4.69) is 52.0 Å². The molecule has 2 N–H and O–H groups in total. The molecule has 0 aromatic heterocycles. The molecule has 238 valence electrons. The molecule has 4 nitrogen and oxygen atoms in total. The molecule has 0 aliphatic carbocycles. The number of anilines is 1. The van der Waals surface area contributed by atoms with Crippen LogP contribution in [0, 0.1) is 17.6 Å². The normalized spacial score (nSPS) is 18.7. The fraction of sp³-hybridized carbons (Fsp3) is 0.472. The summed E-state index contributed by atoms with van der Waals surface area (Å²) in [4.78, 5) is 37.4. The van der Waals surface area contributed by atoms with Crippen LogP contribution in [0.25, 0.3) is 0 Å². The van der Waals surface area contributed by atoms with Crippen molar-refractivity contribution in [3.05, 3.63) is 101 Å². The number of carbonyl (C=O) groups is 1. The molecule has 4 rings (SSSR count). The van der Waals surface area contributed by atoms with Gasteiger partial charge in [-0.3, -0.25) is 4.79 Å². The van der Waals surface area contributed by atoms with Gasteiger partial charge < -0.3 is 14.5 Å². The highest BCUT2D eigenvalue weighted by atomic mass is 28.4. The Balaban J connectivity index is 1.63. The maximum Gasteiger partial charge on any atom is 0.233 e. The SMILES string of the molecule is CC(C)(Cc1ccc([C@@H]2[C@@H](CC[C@H](CC(C)(C)[Si](C)(C)O)c3ccc(F)cc3)C(=O)N2c2ccc(F)cc2)cc1)[Si](C)(C)O. The van der Waals surface area contributed by atoms with Crippen molar-refractivity contribution >= 4 is 28.2 Å². The van der Waals surface area contributed by atoms with Gasteiger partial charge in [0, 0.05) is 5.69 Å². The number of β-lactam (4-membered cyclic amide) rings is 1. The average molecular weight is 638 g/mol. The highest BCUT2D eigenvalue weighted by Crippen LogP contribution is 2.50. The molecule has 1 heterocycles. The van der Waals surface area contributed by atoms with Crippen LogP contribution < -0.4 is 4.90 Å². The fourth-order valence-electron chi connectivity index (χ4n) is 6.03. The molecular weight excluding hydrogens is 589 g/mol. The van der Waals surface area contributed by atoms with Crippen LogP contribution in [-0.4, -0.2) is 32.1 Å². The lowest BCUT2D eigenvalue weighted by molar-refractivity contribution is -0.130. The van der Waals surface area contributed by atoms with E-state index in [4.69, 9.17) is 0 Å². The first-order chi connectivity index (χ1) is 20.3. The monoisotopic (exact) mass is 637 g/mol. The molecule has 0 spiro atoms. The van der Waals surface area contributed by atoms with Gasteiger partial charge in [0.1, 0.15) is 11.6 Å². The lowest BCUT2D eigenvalue weighted by Gasteiger charge is -2.48. The van der Waals surface area contributed by atoms with E-state index >= 15 is 0 Å². The maximum atomic E-state index is 13.8. The highest BCUT2D eigenvalue weighted by molar-refractivity contribution is 6.73. The van der Waals surface area contributed by atoms with Crippen LogP contribution in [0.15, 0.2) is 72.8 Å². The van der Waals surface area contributed by atoms with Crippen LogP contribution in [-0.2, 0) is 11.2 Å². The second-order valence-electron chi connectivity index (χ2n) is 15.1. The van der Waals surface area contributed by atoms with Gasteiger partial charge in [-0.25, -0.2) is 8.78 Å². The summed E-state index contributed by atoms with van der Waals surface area (Å²) in [6, 6.07) is 20.8. The van der Waals surface area contributed by atoms with E-state index in [1.165, 1.54) is 24.3 Å². The molecule has 0 radical (unpaired) electrons. The van der Waals surface area contributed by atoms with Crippen LogP contribution >= 0.6 is 0 Å². The number of rotatable bonds is 12. The molecule has 0 saturated carbocycles. The largest absolute Gasteiger partial charge is 0.432 e. The second kappa shape index (κ2) is 12.6. The molecule has 1 fully saturated rings. The summed E-state index contributed by atoms with van der Waals surface area (Å²) in [6.45, 7) is 16.3. The van der Waals surface area contributed by atoms with Crippen molar-refractivity contribution in [3.63, 3.8) is 0 Å². The molecule has 3 atom stereocenters. The molecule has 8 heteroatoms. The molecule has 0 unspecified atom stereocenters. The Labute approximate surface area is 264 Å². The van der Waals surface area contributed by atoms with Crippen molar-refractivity contribution < 1.29 is 23.2 Å². The standard InChI is InChI=1S/C36H49F2NO3Si2/c1-35(2,43(5,6)41)23-25-9-11-27(12-10-25)33-32(34(40)39(33)31-20-18-30(38)19-21-31)22-15-28(24-36(3,4)44(7,8)42)26-13-16-29(37)17-14-26/h9-14,16-21,28,32-33,41-42H,15,22-24H2,1-8H3/t28-,32-,33-/m1/s1. The van der Waals surface area contributed by atoms with E-state index in [0.29, 0.717) is 18.5 Å².